The Balaban J connectivity index is 1.29. The average molecular weight is 466 g/mol. The number of esters is 1. The minimum Gasteiger partial charge on any atom is -0.465 e. The lowest BCUT2D eigenvalue weighted by Crippen LogP contribution is -2.47. The fourth-order valence-corrected chi connectivity index (χ4v) is 4.03. The number of hydrogen-bond acceptors (Lipinski definition) is 9. The Labute approximate surface area is 197 Å². The first-order valence-corrected chi connectivity index (χ1v) is 11.2. The normalized spacial score (nSPS) is 14.2. The largest absolute Gasteiger partial charge is 0.465 e. The lowest BCUT2D eigenvalue weighted by molar-refractivity contribution is -0.384. The molecule has 2 heterocycles. The van der Waals surface area contributed by atoms with Crippen molar-refractivity contribution in [2.75, 3.05) is 44.7 Å². The number of nitro groups is 1. The van der Waals surface area contributed by atoms with E-state index in [1.165, 1.54) is 24.8 Å². The smallest absolute Gasteiger partial charge is 0.340 e. The predicted octanol–water partition coefficient (Wildman–Crippen LogP) is 3.49. The van der Waals surface area contributed by atoms with E-state index >= 15 is 0 Å². The number of ether oxygens (including phenoxy) is 1. The number of hydrogen-bond donors (Lipinski definition) is 0. The summed E-state index contributed by atoms with van der Waals surface area (Å²) in [6.07, 6.45) is 1.59. The van der Waals surface area contributed by atoms with E-state index in [-0.39, 0.29) is 11.3 Å². The number of nitro benzene ring substituents is 1. The van der Waals surface area contributed by atoms with Crippen molar-refractivity contribution in [3.8, 4) is 11.4 Å². The highest BCUT2D eigenvalue weighted by molar-refractivity contribution is 5.96. The molecule has 0 bridgehead atoms. The van der Waals surface area contributed by atoms with Crippen molar-refractivity contribution >= 4 is 17.3 Å². The van der Waals surface area contributed by atoms with E-state index in [0.29, 0.717) is 36.9 Å². The highest BCUT2D eigenvalue weighted by Crippen LogP contribution is 2.27. The number of carbonyl (C=O) groups excluding carboxylic acids is 1. The van der Waals surface area contributed by atoms with Crippen molar-refractivity contribution in [2.24, 2.45) is 0 Å². The number of aryl methyl sites for hydroxylation is 2. The van der Waals surface area contributed by atoms with Crippen LogP contribution in [0.2, 0.25) is 0 Å². The molecule has 1 aliphatic rings. The zero-order chi connectivity index (χ0) is 24.1. The van der Waals surface area contributed by atoms with Gasteiger partial charge in [-0.1, -0.05) is 35.0 Å². The topological polar surface area (TPSA) is 115 Å². The van der Waals surface area contributed by atoms with E-state index in [9.17, 15) is 14.9 Å². The molecule has 1 aliphatic heterocycles. The zero-order valence-electron chi connectivity index (χ0n) is 19.3. The molecule has 0 atom stereocenters. The lowest BCUT2D eigenvalue weighted by Gasteiger charge is -2.36. The van der Waals surface area contributed by atoms with Crippen LogP contribution in [0.25, 0.3) is 11.4 Å². The maximum absolute atomic E-state index is 12.2. The maximum Gasteiger partial charge on any atom is 0.340 e. The Morgan fingerprint density at radius 2 is 1.88 bits per heavy atom. The molecule has 0 saturated carbocycles. The first kappa shape index (κ1) is 23.4. The minimum absolute atomic E-state index is 0.130. The highest BCUT2D eigenvalue weighted by Gasteiger charge is 2.24. The van der Waals surface area contributed by atoms with Gasteiger partial charge < -0.3 is 14.2 Å². The first-order chi connectivity index (χ1) is 16.4. The van der Waals surface area contributed by atoms with Gasteiger partial charge in [-0.3, -0.25) is 15.0 Å². The number of rotatable bonds is 8. The molecule has 0 aliphatic carbocycles. The van der Waals surface area contributed by atoms with Gasteiger partial charge in [0.15, 0.2) is 0 Å². The molecule has 0 spiro atoms. The van der Waals surface area contributed by atoms with Gasteiger partial charge in [0.1, 0.15) is 0 Å². The molecule has 4 rings (SSSR count). The van der Waals surface area contributed by atoms with Crippen LogP contribution in [0.15, 0.2) is 47.0 Å². The van der Waals surface area contributed by atoms with Crippen LogP contribution < -0.4 is 4.90 Å². The number of carbonyl (C=O) groups is 1. The molecule has 0 amide bonds. The van der Waals surface area contributed by atoms with Crippen molar-refractivity contribution in [3.63, 3.8) is 0 Å². The molecule has 10 heteroatoms. The molecule has 3 aromatic rings. The Kier molecular flexibility index (Phi) is 7.17. The Morgan fingerprint density at radius 3 is 2.56 bits per heavy atom. The summed E-state index contributed by atoms with van der Waals surface area (Å²) in [6.45, 7) is 5.97. The fraction of sp³-hybridized carbons (Fsp3) is 0.375. The van der Waals surface area contributed by atoms with Crippen LogP contribution in [0, 0.1) is 17.0 Å². The second-order valence-electron chi connectivity index (χ2n) is 8.26. The average Bonchev–Trinajstić information content (AvgIpc) is 3.33. The van der Waals surface area contributed by atoms with E-state index in [1.54, 1.807) is 6.07 Å². The first-order valence-electron chi connectivity index (χ1n) is 11.2. The van der Waals surface area contributed by atoms with Crippen molar-refractivity contribution < 1.29 is 19.0 Å². The van der Waals surface area contributed by atoms with Gasteiger partial charge in [0, 0.05) is 50.3 Å². The Hall–Kier alpha value is -3.79. The number of benzene rings is 2. The fourth-order valence-electron chi connectivity index (χ4n) is 4.03. The highest BCUT2D eigenvalue weighted by atomic mass is 16.6. The maximum atomic E-state index is 12.2. The summed E-state index contributed by atoms with van der Waals surface area (Å²) in [5.41, 5.74) is 2.86. The number of nitrogens with zero attached hydrogens (tertiary/aromatic N) is 5. The summed E-state index contributed by atoms with van der Waals surface area (Å²) in [4.78, 5) is 31.7. The number of methoxy groups -OCH3 is 1. The second-order valence-corrected chi connectivity index (χ2v) is 8.26. The van der Waals surface area contributed by atoms with Crippen LogP contribution in [0.1, 0.15) is 28.2 Å². The molecule has 0 N–H and O–H groups in total. The third-order valence-electron chi connectivity index (χ3n) is 5.95. The van der Waals surface area contributed by atoms with E-state index in [1.807, 2.05) is 31.2 Å². The number of piperazine rings is 1. The third kappa shape index (κ3) is 5.40. The van der Waals surface area contributed by atoms with Crippen LogP contribution in [0.4, 0.5) is 11.4 Å². The van der Waals surface area contributed by atoms with E-state index in [4.69, 9.17) is 9.26 Å². The molecule has 34 heavy (non-hydrogen) atoms. The van der Waals surface area contributed by atoms with Crippen molar-refractivity contribution in [2.45, 2.75) is 19.8 Å². The molecule has 10 nitrogen and oxygen atoms in total. The van der Waals surface area contributed by atoms with Crippen LogP contribution >= 0.6 is 0 Å². The monoisotopic (exact) mass is 465 g/mol. The van der Waals surface area contributed by atoms with Gasteiger partial charge in [-0.25, -0.2) is 4.79 Å². The summed E-state index contributed by atoms with van der Waals surface area (Å²) in [5.74, 6) is 0.654. The minimum atomic E-state index is -0.578. The molecule has 0 radical (unpaired) electrons. The van der Waals surface area contributed by atoms with Crippen molar-refractivity contribution in [1.82, 2.24) is 15.0 Å². The van der Waals surface area contributed by atoms with Gasteiger partial charge >= 0.3 is 5.97 Å². The van der Waals surface area contributed by atoms with Gasteiger partial charge in [-0.15, -0.1) is 0 Å². The lowest BCUT2D eigenvalue weighted by atomic mass is 10.1. The zero-order valence-corrected chi connectivity index (χ0v) is 19.3. The van der Waals surface area contributed by atoms with Crippen molar-refractivity contribution in [3.05, 3.63) is 69.6 Å². The summed E-state index contributed by atoms with van der Waals surface area (Å²) >= 11 is 0. The van der Waals surface area contributed by atoms with Crippen LogP contribution in [-0.2, 0) is 11.2 Å². The summed E-state index contributed by atoms with van der Waals surface area (Å²) < 4.78 is 10.2. The van der Waals surface area contributed by atoms with E-state index in [0.717, 1.165) is 31.6 Å². The summed E-state index contributed by atoms with van der Waals surface area (Å²) in [6, 6.07) is 12.3. The number of non-ortho nitro benzene ring substituents is 1. The van der Waals surface area contributed by atoms with E-state index < -0.39 is 10.9 Å². The predicted molar refractivity (Wildman–Crippen MR) is 126 cm³/mol. The molecule has 2 aromatic carbocycles. The van der Waals surface area contributed by atoms with E-state index in [2.05, 4.69) is 19.9 Å². The van der Waals surface area contributed by atoms with Crippen LogP contribution in [0.3, 0.4) is 0 Å². The molecular weight excluding hydrogens is 438 g/mol. The molecule has 0 unspecified atom stereocenters. The van der Waals surface area contributed by atoms with Crippen LogP contribution in [-0.4, -0.2) is 65.8 Å². The van der Waals surface area contributed by atoms with Gasteiger partial charge in [0.05, 0.1) is 23.3 Å². The van der Waals surface area contributed by atoms with Gasteiger partial charge in [-0.05, 0) is 26.0 Å². The summed E-state index contributed by atoms with van der Waals surface area (Å²) in [7, 11) is 1.27. The van der Waals surface area contributed by atoms with Crippen molar-refractivity contribution in [1.29, 1.82) is 0 Å². The Morgan fingerprint density at radius 1 is 1.15 bits per heavy atom. The second kappa shape index (κ2) is 10.4. The number of anilines is 1. The van der Waals surface area contributed by atoms with Crippen LogP contribution in [0.5, 0.6) is 0 Å². The standard InChI is InChI=1S/C24H27N5O5/c1-17-5-7-18(8-6-17)23-25-22(34-26-23)4-3-11-27-12-14-28(15-13-27)21-10-9-19(29(31)32)16-20(21)24(30)33-2/h5-10,16H,3-4,11-15H2,1-2H3. The third-order valence-corrected chi connectivity index (χ3v) is 5.95. The van der Waals surface area contributed by atoms with Gasteiger partial charge in [-0.2, -0.15) is 4.98 Å². The quantitative estimate of drug-likeness (QED) is 0.280. The molecule has 178 valence electrons. The molecular formula is C24H27N5O5. The SMILES string of the molecule is COC(=O)c1cc([N+](=O)[O-])ccc1N1CCN(CCCc2nc(-c3ccc(C)cc3)no2)CC1. The Bertz CT molecular complexity index is 1150. The molecule has 1 saturated heterocycles. The summed E-state index contributed by atoms with van der Waals surface area (Å²) in [5, 5.41) is 15.2. The van der Waals surface area contributed by atoms with Gasteiger partial charge in [0.25, 0.3) is 5.69 Å². The number of aromatic nitrogens is 2. The van der Waals surface area contributed by atoms with Gasteiger partial charge in [0.2, 0.25) is 11.7 Å². The molecule has 1 aromatic heterocycles. The molecule has 1 fully saturated rings.